The fraction of sp³-hybridized carbons (Fsp3) is 0.231. The number of rotatable bonds is 5. The van der Waals surface area contributed by atoms with Crippen molar-refractivity contribution in [1.82, 2.24) is 5.43 Å². The van der Waals surface area contributed by atoms with Gasteiger partial charge in [-0.2, -0.15) is 0 Å². The normalized spacial score (nSPS) is 12.2. The number of benzene rings is 1. The molecule has 0 saturated heterocycles. The third kappa shape index (κ3) is 2.32. The first-order valence-electron chi connectivity index (χ1n) is 5.51. The fourth-order valence-corrected chi connectivity index (χ4v) is 1.84. The van der Waals surface area contributed by atoms with Gasteiger partial charge >= 0.3 is 0 Å². The molecule has 1 aromatic carbocycles. The summed E-state index contributed by atoms with van der Waals surface area (Å²) in [4.78, 5) is 0. The standard InChI is InChI=1S/C13H16N2O3/c1-16-9-5-6-10(12(8-9)17-2)13(15-14)11-4-3-7-18-11/h3-8,13,15H,14H2,1-2H3. The number of methoxy groups -OCH3 is 2. The summed E-state index contributed by atoms with van der Waals surface area (Å²) in [7, 11) is 3.22. The number of nitrogens with two attached hydrogens (primary N) is 1. The molecule has 0 bridgehead atoms. The molecule has 2 rings (SSSR count). The van der Waals surface area contributed by atoms with Gasteiger partial charge in [0.25, 0.3) is 0 Å². The highest BCUT2D eigenvalue weighted by molar-refractivity contribution is 5.44. The summed E-state index contributed by atoms with van der Waals surface area (Å²) < 4.78 is 15.9. The van der Waals surface area contributed by atoms with Crippen molar-refractivity contribution < 1.29 is 13.9 Å². The summed E-state index contributed by atoms with van der Waals surface area (Å²) >= 11 is 0. The molecule has 96 valence electrons. The molecular formula is C13H16N2O3. The van der Waals surface area contributed by atoms with Crippen LogP contribution in [0, 0.1) is 0 Å². The fourth-order valence-electron chi connectivity index (χ4n) is 1.84. The van der Waals surface area contributed by atoms with Crippen LogP contribution in [0.1, 0.15) is 17.4 Å². The third-order valence-corrected chi connectivity index (χ3v) is 2.75. The Kier molecular flexibility index (Phi) is 3.86. The molecular weight excluding hydrogens is 232 g/mol. The van der Waals surface area contributed by atoms with Crippen molar-refractivity contribution in [3.8, 4) is 11.5 Å². The second-order valence-electron chi connectivity index (χ2n) is 3.72. The Bertz CT molecular complexity index is 497. The van der Waals surface area contributed by atoms with Gasteiger partial charge in [-0.3, -0.25) is 5.84 Å². The van der Waals surface area contributed by atoms with Crippen LogP contribution in [0.25, 0.3) is 0 Å². The molecule has 5 nitrogen and oxygen atoms in total. The van der Waals surface area contributed by atoms with Gasteiger partial charge in [0.2, 0.25) is 0 Å². The summed E-state index contributed by atoms with van der Waals surface area (Å²) in [5.41, 5.74) is 3.60. The molecule has 18 heavy (non-hydrogen) atoms. The van der Waals surface area contributed by atoms with Crippen molar-refractivity contribution in [2.75, 3.05) is 14.2 Å². The average molecular weight is 248 g/mol. The van der Waals surface area contributed by atoms with Crippen molar-refractivity contribution in [3.05, 3.63) is 47.9 Å². The molecule has 2 aromatic rings. The van der Waals surface area contributed by atoms with Crippen LogP contribution in [0.3, 0.4) is 0 Å². The van der Waals surface area contributed by atoms with Crippen LogP contribution in [0.4, 0.5) is 0 Å². The Morgan fingerprint density at radius 2 is 2.06 bits per heavy atom. The molecule has 1 heterocycles. The molecule has 1 atom stereocenters. The van der Waals surface area contributed by atoms with Crippen LogP contribution in [-0.4, -0.2) is 14.2 Å². The van der Waals surface area contributed by atoms with Gasteiger partial charge in [-0.1, -0.05) is 0 Å². The number of hydrogen-bond donors (Lipinski definition) is 2. The van der Waals surface area contributed by atoms with E-state index in [1.165, 1.54) is 0 Å². The van der Waals surface area contributed by atoms with E-state index in [0.29, 0.717) is 5.75 Å². The van der Waals surface area contributed by atoms with E-state index in [0.717, 1.165) is 17.1 Å². The van der Waals surface area contributed by atoms with Gasteiger partial charge < -0.3 is 13.9 Å². The largest absolute Gasteiger partial charge is 0.497 e. The zero-order chi connectivity index (χ0) is 13.0. The maximum atomic E-state index is 5.59. The van der Waals surface area contributed by atoms with E-state index in [1.807, 2.05) is 30.3 Å². The first-order chi connectivity index (χ1) is 8.80. The summed E-state index contributed by atoms with van der Waals surface area (Å²) in [5.74, 6) is 7.73. The highest BCUT2D eigenvalue weighted by atomic mass is 16.5. The molecule has 0 aliphatic carbocycles. The van der Waals surface area contributed by atoms with Crippen molar-refractivity contribution in [1.29, 1.82) is 0 Å². The SMILES string of the molecule is COc1ccc(C(NN)c2ccco2)c(OC)c1. The molecule has 0 saturated carbocycles. The number of furan rings is 1. The van der Waals surface area contributed by atoms with Gasteiger partial charge in [0.05, 0.1) is 20.5 Å². The van der Waals surface area contributed by atoms with Gasteiger partial charge in [-0.05, 0) is 24.3 Å². The van der Waals surface area contributed by atoms with E-state index >= 15 is 0 Å². The average Bonchev–Trinajstić information content (AvgIpc) is 2.94. The summed E-state index contributed by atoms with van der Waals surface area (Å²) in [6.45, 7) is 0. The van der Waals surface area contributed by atoms with E-state index in [2.05, 4.69) is 5.43 Å². The van der Waals surface area contributed by atoms with E-state index < -0.39 is 0 Å². The van der Waals surface area contributed by atoms with Crippen LogP contribution in [0.15, 0.2) is 41.0 Å². The summed E-state index contributed by atoms with van der Waals surface area (Å²) in [6.07, 6.45) is 1.61. The molecule has 0 aliphatic heterocycles. The van der Waals surface area contributed by atoms with Gasteiger partial charge in [-0.25, -0.2) is 5.43 Å². The predicted molar refractivity (Wildman–Crippen MR) is 67.4 cm³/mol. The van der Waals surface area contributed by atoms with Crippen molar-refractivity contribution >= 4 is 0 Å². The number of hydrogen-bond acceptors (Lipinski definition) is 5. The van der Waals surface area contributed by atoms with Crippen LogP contribution in [0.2, 0.25) is 0 Å². The van der Waals surface area contributed by atoms with E-state index in [9.17, 15) is 0 Å². The Balaban J connectivity index is 2.42. The minimum atomic E-state index is -0.263. The highest BCUT2D eigenvalue weighted by Gasteiger charge is 2.19. The zero-order valence-electron chi connectivity index (χ0n) is 10.3. The number of ether oxygens (including phenoxy) is 2. The quantitative estimate of drug-likeness (QED) is 0.624. The first kappa shape index (κ1) is 12.5. The van der Waals surface area contributed by atoms with Crippen LogP contribution in [-0.2, 0) is 0 Å². The first-order valence-corrected chi connectivity index (χ1v) is 5.51. The second kappa shape index (κ2) is 5.57. The molecule has 0 fully saturated rings. The number of nitrogens with one attached hydrogen (secondary N) is 1. The van der Waals surface area contributed by atoms with Gasteiger partial charge in [0.15, 0.2) is 0 Å². The Morgan fingerprint density at radius 3 is 2.61 bits per heavy atom. The van der Waals surface area contributed by atoms with Crippen molar-refractivity contribution in [2.45, 2.75) is 6.04 Å². The van der Waals surface area contributed by atoms with Crippen LogP contribution in [0.5, 0.6) is 11.5 Å². The molecule has 0 aliphatic rings. The van der Waals surface area contributed by atoms with Crippen molar-refractivity contribution in [2.24, 2.45) is 5.84 Å². The molecule has 5 heteroatoms. The Hall–Kier alpha value is -1.98. The minimum Gasteiger partial charge on any atom is -0.497 e. The predicted octanol–water partition coefficient (Wildman–Crippen LogP) is 1.85. The molecule has 0 radical (unpaired) electrons. The van der Waals surface area contributed by atoms with Gasteiger partial charge in [-0.15, -0.1) is 0 Å². The van der Waals surface area contributed by atoms with E-state index in [-0.39, 0.29) is 6.04 Å². The maximum Gasteiger partial charge on any atom is 0.127 e. The second-order valence-corrected chi connectivity index (χ2v) is 3.72. The zero-order valence-corrected chi connectivity index (χ0v) is 10.3. The topological polar surface area (TPSA) is 69.7 Å². The molecule has 0 spiro atoms. The summed E-state index contributed by atoms with van der Waals surface area (Å²) in [5, 5.41) is 0. The van der Waals surface area contributed by atoms with Crippen molar-refractivity contribution in [3.63, 3.8) is 0 Å². The Labute approximate surface area is 105 Å². The van der Waals surface area contributed by atoms with E-state index in [4.69, 9.17) is 19.7 Å². The lowest BCUT2D eigenvalue weighted by Gasteiger charge is -2.17. The highest BCUT2D eigenvalue weighted by Crippen LogP contribution is 2.32. The van der Waals surface area contributed by atoms with Gasteiger partial charge in [0, 0.05) is 11.6 Å². The summed E-state index contributed by atoms with van der Waals surface area (Å²) in [6, 6.07) is 8.96. The smallest absolute Gasteiger partial charge is 0.127 e. The lowest BCUT2D eigenvalue weighted by atomic mass is 10.0. The van der Waals surface area contributed by atoms with Crippen LogP contribution >= 0.6 is 0 Å². The minimum absolute atomic E-state index is 0.263. The maximum absolute atomic E-state index is 5.59. The lowest BCUT2D eigenvalue weighted by molar-refractivity contribution is 0.381. The molecule has 1 aromatic heterocycles. The lowest BCUT2D eigenvalue weighted by Crippen LogP contribution is -2.28. The Morgan fingerprint density at radius 1 is 1.22 bits per heavy atom. The third-order valence-electron chi connectivity index (χ3n) is 2.75. The molecule has 0 amide bonds. The van der Waals surface area contributed by atoms with Crippen LogP contribution < -0.4 is 20.7 Å². The molecule has 3 N–H and O–H groups in total. The number of hydrazine groups is 1. The van der Waals surface area contributed by atoms with E-state index in [1.54, 1.807) is 20.5 Å². The van der Waals surface area contributed by atoms with Gasteiger partial charge in [0.1, 0.15) is 23.3 Å². The monoisotopic (exact) mass is 248 g/mol. The molecule has 1 unspecified atom stereocenters.